The van der Waals surface area contributed by atoms with E-state index in [1.165, 1.54) is 38.9 Å². The van der Waals surface area contributed by atoms with Crippen molar-refractivity contribution in [3.63, 3.8) is 0 Å². The zero-order valence-electron chi connectivity index (χ0n) is 10.2. The highest BCUT2D eigenvalue weighted by molar-refractivity contribution is 4.79. The number of hydrogen-bond acceptors (Lipinski definition) is 3. The Labute approximate surface area is 93.9 Å². The highest BCUT2D eigenvalue weighted by atomic mass is 16.3. The average molecular weight is 214 g/mol. The van der Waals surface area contributed by atoms with Gasteiger partial charge in [-0.25, -0.2) is 0 Å². The second-order valence-corrected chi connectivity index (χ2v) is 4.65. The molecule has 1 unspecified atom stereocenters. The number of piperidine rings is 1. The second kappa shape index (κ2) is 7.20. The molecular formula is C12H26N2O. The van der Waals surface area contributed by atoms with Gasteiger partial charge in [-0.1, -0.05) is 6.92 Å². The second-order valence-electron chi connectivity index (χ2n) is 4.65. The Morgan fingerprint density at radius 2 is 2.07 bits per heavy atom. The third-order valence-corrected chi connectivity index (χ3v) is 3.46. The van der Waals surface area contributed by atoms with Crippen molar-refractivity contribution in [2.75, 3.05) is 32.8 Å². The first-order valence-corrected chi connectivity index (χ1v) is 6.34. The molecule has 1 rings (SSSR count). The van der Waals surface area contributed by atoms with Crippen molar-refractivity contribution in [1.29, 1.82) is 0 Å². The molecule has 0 saturated carbocycles. The van der Waals surface area contributed by atoms with Crippen molar-refractivity contribution in [2.24, 2.45) is 5.92 Å². The van der Waals surface area contributed by atoms with Crippen LogP contribution in [0.15, 0.2) is 0 Å². The summed E-state index contributed by atoms with van der Waals surface area (Å²) in [5, 5.41) is 12.1. The molecule has 0 radical (unpaired) electrons. The van der Waals surface area contributed by atoms with Gasteiger partial charge in [-0.15, -0.1) is 0 Å². The molecule has 0 aromatic rings. The first-order chi connectivity index (χ1) is 7.27. The molecule has 0 aliphatic carbocycles. The topological polar surface area (TPSA) is 35.5 Å². The van der Waals surface area contributed by atoms with E-state index >= 15 is 0 Å². The first-order valence-electron chi connectivity index (χ1n) is 6.34. The van der Waals surface area contributed by atoms with E-state index in [4.69, 9.17) is 5.11 Å². The maximum absolute atomic E-state index is 8.75. The van der Waals surface area contributed by atoms with Crippen LogP contribution in [0.25, 0.3) is 0 Å². The first kappa shape index (κ1) is 12.9. The Kier molecular flexibility index (Phi) is 6.22. The molecule has 1 aliphatic rings. The normalized spacial score (nSPS) is 21.8. The quantitative estimate of drug-likeness (QED) is 0.694. The smallest absolute Gasteiger partial charge is 0.0556 e. The van der Waals surface area contributed by atoms with E-state index in [0.717, 1.165) is 12.5 Å². The van der Waals surface area contributed by atoms with E-state index < -0.39 is 0 Å². The van der Waals surface area contributed by atoms with Gasteiger partial charge in [-0.3, -0.25) is 0 Å². The molecule has 2 N–H and O–H groups in total. The molecule has 0 amide bonds. The number of nitrogens with one attached hydrogen (secondary N) is 1. The van der Waals surface area contributed by atoms with Crippen LogP contribution >= 0.6 is 0 Å². The minimum Gasteiger partial charge on any atom is -0.395 e. The Hall–Kier alpha value is -0.120. The van der Waals surface area contributed by atoms with Crippen molar-refractivity contribution in [3.05, 3.63) is 0 Å². The van der Waals surface area contributed by atoms with Crippen LogP contribution in [-0.4, -0.2) is 48.8 Å². The predicted octanol–water partition coefficient (Wildman–Crippen LogP) is 1.08. The molecule has 15 heavy (non-hydrogen) atoms. The van der Waals surface area contributed by atoms with Crippen LogP contribution in [0.5, 0.6) is 0 Å². The van der Waals surface area contributed by atoms with Crippen molar-refractivity contribution < 1.29 is 5.11 Å². The number of nitrogens with zero attached hydrogens (tertiary/aromatic N) is 1. The van der Waals surface area contributed by atoms with Crippen LogP contribution < -0.4 is 5.32 Å². The van der Waals surface area contributed by atoms with Crippen molar-refractivity contribution >= 4 is 0 Å². The van der Waals surface area contributed by atoms with Gasteiger partial charge in [0.2, 0.25) is 0 Å². The maximum Gasteiger partial charge on any atom is 0.0556 e. The monoisotopic (exact) mass is 214 g/mol. The van der Waals surface area contributed by atoms with Gasteiger partial charge in [0.1, 0.15) is 0 Å². The summed E-state index contributed by atoms with van der Waals surface area (Å²) in [6.45, 7) is 9.24. The van der Waals surface area contributed by atoms with Crippen LogP contribution in [0.3, 0.4) is 0 Å². The van der Waals surface area contributed by atoms with E-state index in [-0.39, 0.29) is 6.61 Å². The third kappa shape index (κ3) is 4.49. The standard InChI is InChI=1S/C12H26N2O/c1-3-7-14-8-4-12(5-9-14)11(2)13-6-10-15/h11-13,15H,3-10H2,1-2H3. The van der Waals surface area contributed by atoms with Gasteiger partial charge in [-0.2, -0.15) is 0 Å². The van der Waals surface area contributed by atoms with Gasteiger partial charge in [0.15, 0.2) is 0 Å². The fourth-order valence-electron chi connectivity index (χ4n) is 2.45. The number of aliphatic hydroxyl groups excluding tert-OH is 1. The Morgan fingerprint density at radius 1 is 1.40 bits per heavy atom. The Morgan fingerprint density at radius 3 is 2.60 bits per heavy atom. The average Bonchev–Trinajstić information content (AvgIpc) is 2.27. The van der Waals surface area contributed by atoms with Crippen molar-refractivity contribution in [3.8, 4) is 0 Å². The summed E-state index contributed by atoms with van der Waals surface area (Å²) < 4.78 is 0. The summed E-state index contributed by atoms with van der Waals surface area (Å²) in [6.07, 6.45) is 3.88. The number of hydrogen-bond donors (Lipinski definition) is 2. The molecule has 1 fully saturated rings. The molecule has 1 atom stereocenters. The molecule has 3 heteroatoms. The van der Waals surface area contributed by atoms with E-state index in [9.17, 15) is 0 Å². The zero-order valence-corrected chi connectivity index (χ0v) is 10.2. The zero-order chi connectivity index (χ0) is 11.1. The molecule has 1 aliphatic heterocycles. The van der Waals surface area contributed by atoms with Gasteiger partial charge < -0.3 is 15.3 Å². The van der Waals surface area contributed by atoms with Gasteiger partial charge in [0.25, 0.3) is 0 Å². The Bertz CT molecular complexity index is 156. The lowest BCUT2D eigenvalue weighted by Gasteiger charge is -2.35. The highest BCUT2D eigenvalue weighted by Crippen LogP contribution is 2.20. The lowest BCUT2D eigenvalue weighted by molar-refractivity contribution is 0.159. The predicted molar refractivity (Wildman–Crippen MR) is 64.0 cm³/mol. The molecular weight excluding hydrogens is 188 g/mol. The lowest BCUT2D eigenvalue weighted by Crippen LogP contribution is -2.42. The fraction of sp³-hybridized carbons (Fsp3) is 1.00. The van der Waals surface area contributed by atoms with E-state index in [1.807, 2.05) is 0 Å². The molecule has 0 aromatic heterocycles. The number of aliphatic hydroxyl groups is 1. The maximum atomic E-state index is 8.75. The summed E-state index contributed by atoms with van der Waals surface area (Å²) >= 11 is 0. The van der Waals surface area contributed by atoms with E-state index in [1.54, 1.807) is 0 Å². The van der Waals surface area contributed by atoms with Crippen LogP contribution in [0.4, 0.5) is 0 Å². The van der Waals surface area contributed by atoms with Crippen LogP contribution in [0, 0.1) is 5.92 Å². The SMILES string of the molecule is CCCN1CCC(C(C)NCCO)CC1. The minimum absolute atomic E-state index is 0.249. The third-order valence-electron chi connectivity index (χ3n) is 3.46. The van der Waals surface area contributed by atoms with E-state index in [2.05, 4.69) is 24.1 Å². The van der Waals surface area contributed by atoms with E-state index in [0.29, 0.717) is 6.04 Å². The summed E-state index contributed by atoms with van der Waals surface area (Å²) in [5.74, 6) is 0.796. The molecule has 1 saturated heterocycles. The molecule has 1 heterocycles. The highest BCUT2D eigenvalue weighted by Gasteiger charge is 2.22. The minimum atomic E-state index is 0.249. The molecule has 0 spiro atoms. The molecule has 0 bridgehead atoms. The molecule has 90 valence electrons. The molecule has 3 nitrogen and oxygen atoms in total. The largest absolute Gasteiger partial charge is 0.395 e. The van der Waals surface area contributed by atoms with Crippen LogP contribution in [0.2, 0.25) is 0 Å². The molecule has 0 aromatic carbocycles. The Balaban J connectivity index is 2.18. The lowest BCUT2D eigenvalue weighted by atomic mass is 9.90. The number of rotatable bonds is 6. The van der Waals surface area contributed by atoms with Gasteiger partial charge in [0, 0.05) is 12.6 Å². The van der Waals surface area contributed by atoms with Gasteiger partial charge in [-0.05, 0) is 51.7 Å². The summed E-state index contributed by atoms with van der Waals surface area (Å²) in [6, 6.07) is 0.556. The summed E-state index contributed by atoms with van der Waals surface area (Å²) in [5.41, 5.74) is 0. The number of likely N-dealkylation sites (tertiary alicyclic amines) is 1. The summed E-state index contributed by atoms with van der Waals surface area (Å²) in [4.78, 5) is 2.56. The van der Waals surface area contributed by atoms with Gasteiger partial charge >= 0.3 is 0 Å². The van der Waals surface area contributed by atoms with Gasteiger partial charge in [0.05, 0.1) is 6.61 Å². The van der Waals surface area contributed by atoms with Crippen molar-refractivity contribution in [2.45, 2.75) is 39.2 Å². The van der Waals surface area contributed by atoms with Crippen LogP contribution in [-0.2, 0) is 0 Å². The van der Waals surface area contributed by atoms with Crippen LogP contribution in [0.1, 0.15) is 33.1 Å². The van der Waals surface area contributed by atoms with Crippen molar-refractivity contribution in [1.82, 2.24) is 10.2 Å². The fourth-order valence-corrected chi connectivity index (χ4v) is 2.45. The summed E-state index contributed by atoms with van der Waals surface area (Å²) in [7, 11) is 0.